The number of aryl methyl sites for hydroxylation is 1. The number of nitrogens with two attached hydrogens (primary N) is 1. The van der Waals surface area contributed by atoms with E-state index in [1.807, 2.05) is 0 Å². The predicted octanol–water partition coefficient (Wildman–Crippen LogP) is 3.75. The van der Waals surface area contributed by atoms with E-state index in [-0.39, 0.29) is 6.04 Å². The Kier molecular flexibility index (Phi) is 7.11. The van der Waals surface area contributed by atoms with Crippen LogP contribution in [0.15, 0.2) is 24.3 Å². The minimum Gasteiger partial charge on any atom is -0.324 e. The molecule has 0 saturated heterocycles. The molecule has 108 valence electrons. The summed E-state index contributed by atoms with van der Waals surface area (Å²) in [7, 11) is 0. The monoisotopic (exact) mass is 262 g/mol. The Hall–Kier alpha value is -0.860. The quantitative estimate of drug-likeness (QED) is 0.773. The zero-order valence-corrected chi connectivity index (χ0v) is 13.0. The van der Waals surface area contributed by atoms with Crippen molar-refractivity contribution in [3.63, 3.8) is 0 Å². The molecule has 0 heterocycles. The minimum atomic E-state index is 0.159. The fourth-order valence-electron chi connectivity index (χ4n) is 2.43. The standard InChI is InChI=1S/C17H30N2/c1-5-14(3)13-19(6-2)12-11-17(18)16-10-8-7-9-15(16)4/h7-10,14,17H,5-6,11-13,18H2,1-4H3. The molecule has 0 radical (unpaired) electrons. The largest absolute Gasteiger partial charge is 0.324 e. The zero-order valence-electron chi connectivity index (χ0n) is 13.0. The molecule has 0 bridgehead atoms. The lowest BCUT2D eigenvalue weighted by Crippen LogP contribution is -2.31. The van der Waals surface area contributed by atoms with Gasteiger partial charge in [0.2, 0.25) is 0 Å². The Morgan fingerprint density at radius 3 is 2.47 bits per heavy atom. The highest BCUT2D eigenvalue weighted by molar-refractivity contribution is 5.28. The highest BCUT2D eigenvalue weighted by atomic mass is 15.1. The van der Waals surface area contributed by atoms with Crippen LogP contribution in [0.4, 0.5) is 0 Å². The third-order valence-electron chi connectivity index (χ3n) is 4.06. The number of nitrogens with zero attached hydrogens (tertiary/aromatic N) is 1. The molecule has 1 rings (SSSR count). The second kappa shape index (κ2) is 8.34. The van der Waals surface area contributed by atoms with Gasteiger partial charge in [-0.2, -0.15) is 0 Å². The summed E-state index contributed by atoms with van der Waals surface area (Å²) in [5.74, 6) is 0.773. The molecule has 1 aromatic carbocycles. The van der Waals surface area contributed by atoms with Gasteiger partial charge in [-0.15, -0.1) is 0 Å². The molecule has 0 aromatic heterocycles. The summed E-state index contributed by atoms with van der Waals surface area (Å²) in [6.45, 7) is 12.4. The van der Waals surface area contributed by atoms with Crippen molar-refractivity contribution in [3.8, 4) is 0 Å². The fraction of sp³-hybridized carbons (Fsp3) is 0.647. The lowest BCUT2D eigenvalue weighted by Gasteiger charge is -2.25. The van der Waals surface area contributed by atoms with Crippen molar-refractivity contribution in [1.29, 1.82) is 0 Å². The highest BCUT2D eigenvalue weighted by Gasteiger charge is 2.12. The molecule has 2 N–H and O–H groups in total. The molecule has 2 nitrogen and oxygen atoms in total. The predicted molar refractivity (Wildman–Crippen MR) is 84.3 cm³/mol. The number of benzene rings is 1. The van der Waals surface area contributed by atoms with Crippen LogP contribution in [0.5, 0.6) is 0 Å². The zero-order chi connectivity index (χ0) is 14.3. The lowest BCUT2D eigenvalue weighted by molar-refractivity contribution is 0.237. The maximum absolute atomic E-state index is 6.34. The van der Waals surface area contributed by atoms with E-state index < -0.39 is 0 Å². The molecular formula is C17H30N2. The molecular weight excluding hydrogens is 232 g/mol. The molecule has 2 unspecified atom stereocenters. The number of rotatable bonds is 8. The summed E-state index contributed by atoms with van der Waals surface area (Å²) in [5, 5.41) is 0. The Balaban J connectivity index is 2.48. The minimum absolute atomic E-state index is 0.159. The molecule has 0 fully saturated rings. The average Bonchev–Trinajstić information content (AvgIpc) is 2.43. The van der Waals surface area contributed by atoms with Gasteiger partial charge >= 0.3 is 0 Å². The van der Waals surface area contributed by atoms with Crippen LogP contribution in [0.25, 0.3) is 0 Å². The van der Waals surface area contributed by atoms with Gasteiger partial charge in [0.25, 0.3) is 0 Å². The van der Waals surface area contributed by atoms with E-state index in [2.05, 4.69) is 56.9 Å². The van der Waals surface area contributed by atoms with E-state index in [0.717, 1.165) is 25.4 Å². The molecule has 19 heavy (non-hydrogen) atoms. The fourth-order valence-corrected chi connectivity index (χ4v) is 2.43. The van der Waals surface area contributed by atoms with Crippen LogP contribution < -0.4 is 5.73 Å². The van der Waals surface area contributed by atoms with Crippen molar-refractivity contribution in [2.75, 3.05) is 19.6 Å². The first-order valence-corrected chi connectivity index (χ1v) is 7.61. The molecule has 2 atom stereocenters. The number of hydrogen-bond acceptors (Lipinski definition) is 2. The van der Waals surface area contributed by atoms with E-state index in [0.29, 0.717) is 0 Å². The van der Waals surface area contributed by atoms with Crippen molar-refractivity contribution in [1.82, 2.24) is 4.90 Å². The second-order valence-electron chi connectivity index (χ2n) is 5.66. The van der Waals surface area contributed by atoms with E-state index in [1.54, 1.807) is 0 Å². The van der Waals surface area contributed by atoms with Gasteiger partial charge in [-0.25, -0.2) is 0 Å². The second-order valence-corrected chi connectivity index (χ2v) is 5.66. The van der Waals surface area contributed by atoms with Crippen LogP contribution in [0, 0.1) is 12.8 Å². The van der Waals surface area contributed by atoms with E-state index in [1.165, 1.54) is 24.1 Å². The Bertz CT molecular complexity index is 362. The first-order chi connectivity index (χ1) is 9.08. The van der Waals surface area contributed by atoms with Gasteiger partial charge in [0.1, 0.15) is 0 Å². The normalized spacial score (nSPS) is 14.6. The maximum atomic E-state index is 6.34. The van der Waals surface area contributed by atoms with E-state index >= 15 is 0 Å². The Morgan fingerprint density at radius 2 is 1.89 bits per heavy atom. The van der Waals surface area contributed by atoms with Crippen LogP contribution >= 0.6 is 0 Å². The smallest absolute Gasteiger partial charge is 0.0309 e. The van der Waals surface area contributed by atoms with Crippen LogP contribution in [0.3, 0.4) is 0 Å². The Morgan fingerprint density at radius 1 is 1.21 bits per heavy atom. The van der Waals surface area contributed by atoms with Crippen molar-refractivity contribution < 1.29 is 0 Å². The van der Waals surface area contributed by atoms with Crippen LogP contribution in [-0.4, -0.2) is 24.5 Å². The Labute approximate surface area is 119 Å². The van der Waals surface area contributed by atoms with Crippen LogP contribution in [0.1, 0.15) is 50.8 Å². The molecule has 0 aliphatic rings. The SMILES string of the molecule is CCC(C)CN(CC)CCC(N)c1ccccc1C. The van der Waals surface area contributed by atoms with Crippen LogP contribution in [0.2, 0.25) is 0 Å². The van der Waals surface area contributed by atoms with Crippen molar-refractivity contribution in [2.45, 2.75) is 46.6 Å². The van der Waals surface area contributed by atoms with Crippen molar-refractivity contribution in [3.05, 3.63) is 35.4 Å². The number of hydrogen-bond donors (Lipinski definition) is 1. The van der Waals surface area contributed by atoms with Gasteiger partial charge in [-0.3, -0.25) is 0 Å². The van der Waals surface area contributed by atoms with Gasteiger partial charge in [-0.05, 0) is 43.5 Å². The van der Waals surface area contributed by atoms with Gasteiger partial charge in [0, 0.05) is 12.6 Å². The summed E-state index contributed by atoms with van der Waals surface area (Å²) < 4.78 is 0. The van der Waals surface area contributed by atoms with Gasteiger partial charge < -0.3 is 10.6 Å². The molecule has 0 aliphatic heterocycles. The summed E-state index contributed by atoms with van der Waals surface area (Å²) in [6.07, 6.45) is 2.29. The molecule has 1 aromatic rings. The lowest BCUT2D eigenvalue weighted by atomic mass is 9.99. The summed E-state index contributed by atoms with van der Waals surface area (Å²) in [4.78, 5) is 2.52. The highest BCUT2D eigenvalue weighted by Crippen LogP contribution is 2.18. The first kappa shape index (κ1) is 16.2. The van der Waals surface area contributed by atoms with Gasteiger partial charge in [0.15, 0.2) is 0 Å². The third kappa shape index (κ3) is 5.33. The summed E-state index contributed by atoms with van der Waals surface area (Å²) in [6, 6.07) is 8.62. The van der Waals surface area contributed by atoms with Gasteiger partial charge in [-0.1, -0.05) is 51.5 Å². The maximum Gasteiger partial charge on any atom is 0.0309 e. The van der Waals surface area contributed by atoms with Gasteiger partial charge in [0.05, 0.1) is 0 Å². The molecule has 2 heteroatoms. The first-order valence-electron chi connectivity index (χ1n) is 7.61. The molecule has 0 amide bonds. The topological polar surface area (TPSA) is 29.3 Å². The summed E-state index contributed by atoms with van der Waals surface area (Å²) >= 11 is 0. The van der Waals surface area contributed by atoms with Crippen LogP contribution in [-0.2, 0) is 0 Å². The molecule has 0 spiro atoms. The van der Waals surface area contributed by atoms with Crippen molar-refractivity contribution >= 4 is 0 Å². The molecule has 0 aliphatic carbocycles. The average molecular weight is 262 g/mol. The third-order valence-corrected chi connectivity index (χ3v) is 4.06. The summed E-state index contributed by atoms with van der Waals surface area (Å²) in [5.41, 5.74) is 8.93. The van der Waals surface area contributed by atoms with E-state index in [9.17, 15) is 0 Å². The van der Waals surface area contributed by atoms with Crippen molar-refractivity contribution in [2.24, 2.45) is 11.7 Å². The van der Waals surface area contributed by atoms with E-state index in [4.69, 9.17) is 5.73 Å². The molecule has 0 saturated carbocycles.